The number of likely N-dealkylation sites (N-methyl/N-ethyl adjacent to an activating group) is 1. The van der Waals surface area contributed by atoms with Gasteiger partial charge in [-0.05, 0) is 87.3 Å². The van der Waals surface area contributed by atoms with Gasteiger partial charge in [-0.15, -0.1) is 0 Å². The number of carbonyl (C=O) groups excluding carboxylic acids is 3. The van der Waals surface area contributed by atoms with Crippen molar-refractivity contribution in [3.8, 4) is 0 Å². The van der Waals surface area contributed by atoms with E-state index in [4.69, 9.17) is 0 Å². The summed E-state index contributed by atoms with van der Waals surface area (Å²) in [4.78, 5) is 39.3. The van der Waals surface area contributed by atoms with Gasteiger partial charge in [-0.1, -0.05) is 12.1 Å². The quantitative estimate of drug-likeness (QED) is 0.755. The molecule has 0 heterocycles. The lowest BCUT2D eigenvalue weighted by molar-refractivity contribution is -0.147. The minimum Gasteiger partial charge on any atom is -0.347 e. The summed E-state index contributed by atoms with van der Waals surface area (Å²) >= 11 is 0. The molecule has 5 rings (SSSR count). The first-order valence-electron chi connectivity index (χ1n) is 11.1. The SMILES string of the molecule is Cc1cccc(NC(=O)CN(C)C(=O)CNC(=O)C23CC4CC(CC(C4)C2)C3)c1C. The number of rotatable bonds is 6. The smallest absolute Gasteiger partial charge is 0.243 e. The minimum atomic E-state index is -0.256. The average molecular weight is 412 g/mol. The van der Waals surface area contributed by atoms with Crippen molar-refractivity contribution in [1.29, 1.82) is 0 Å². The van der Waals surface area contributed by atoms with Gasteiger partial charge in [0, 0.05) is 18.2 Å². The van der Waals surface area contributed by atoms with Crippen LogP contribution in [0.4, 0.5) is 5.69 Å². The molecule has 4 saturated carbocycles. The molecular weight excluding hydrogens is 378 g/mol. The van der Waals surface area contributed by atoms with Crippen LogP contribution in [-0.4, -0.2) is 42.8 Å². The van der Waals surface area contributed by atoms with E-state index in [0.717, 1.165) is 36.1 Å². The predicted octanol–water partition coefficient (Wildman–Crippen LogP) is 3.03. The Bertz CT molecular complexity index is 828. The zero-order valence-corrected chi connectivity index (χ0v) is 18.3. The Kier molecular flexibility index (Phi) is 5.60. The number of hydrogen-bond acceptors (Lipinski definition) is 3. The maximum absolute atomic E-state index is 13.0. The molecule has 0 saturated heterocycles. The number of carbonyl (C=O) groups is 3. The minimum absolute atomic E-state index is 0.0422. The number of benzene rings is 1. The van der Waals surface area contributed by atoms with Gasteiger partial charge in [0.15, 0.2) is 0 Å². The van der Waals surface area contributed by atoms with Crippen LogP contribution >= 0.6 is 0 Å². The Labute approximate surface area is 178 Å². The first kappa shape index (κ1) is 20.9. The van der Waals surface area contributed by atoms with Gasteiger partial charge < -0.3 is 15.5 Å². The van der Waals surface area contributed by atoms with Gasteiger partial charge in [0.1, 0.15) is 0 Å². The molecule has 0 aromatic heterocycles. The molecule has 4 fully saturated rings. The first-order valence-corrected chi connectivity index (χ1v) is 11.1. The molecule has 0 aliphatic heterocycles. The summed E-state index contributed by atoms with van der Waals surface area (Å²) in [6.07, 6.45) is 6.78. The van der Waals surface area contributed by atoms with E-state index in [9.17, 15) is 14.4 Å². The molecule has 1 aromatic carbocycles. The molecule has 3 amide bonds. The van der Waals surface area contributed by atoms with Crippen LogP contribution < -0.4 is 10.6 Å². The number of nitrogens with zero attached hydrogens (tertiary/aromatic N) is 1. The summed E-state index contributed by atoms with van der Waals surface area (Å²) in [7, 11) is 1.60. The second-order valence-electron chi connectivity index (χ2n) is 9.93. The fourth-order valence-electron chi connectivity index (χ4n) is 6.25. The molecule has 0 radical (unpaired) electrons. The van der Waals surface area contributed by atoms with Crippen molar-refractivity contribution < 1.29 is 14.4 Å². The van der Waals surface area contributed by atoms with Crippen LogP contribution in [0.5, 0.6) is 0 Å². The molecule has 30 heavy (non-hydrogen) atoms. The third-order valence-corrected chi connectivity index (χ3v) is 7.61. The van der Waals surface area contributed by atoms with Crippen molar-refractivity contribution >= 4 is 23.4 Å². The third kappa shape index (κ3) is 4.09. The van der Waals surface area contributed by atoms with Crippen molar-refractivity contribution in [2.45, 2.75) is 52.4 Å². The number of anilines is 1. The van der Waals surface area contributed by atoms with Gasteiger partial charge in [0.2, 0.25) is 17.7 Å². The maximum atomic E-state index is 13.0. The molecule has 4 bridgehead atoms. The first-order chi connectivity index (χ1) is 14.3. The molecule has 6 heteroatoms. The number of amides is 3. The Morgan fingerprint density at radius 2 is 1.63 bits per heavy atom. The van der Waals surface area contributed by atoms with E-state index in [0.29, 0.717) is 17.8 Å². The molecule has 162 valence electrons. The summed E-state index contributed by atoms with van der Waals surface area (Å²) < 4.78 is 0. The Morgan fingerprint density at radius 1 is 1.03 bits per heavy atom. The van der Waals surface area contributed by atoms with Gasteiger partial charge in [-0.2, -0.15) is 0 Å². The summed E-state index contributed by atoms with van der Waals surface area (Å²) in [5.74, 6) is 1.62. The molecule has 0 spiro atoms. The lowest BCUT2D eigenvalue weighted by Gasteiger charge is -2.55. The fraction of sp³-hybridized carbons (Fsp3) is 0.625. The largest absolute Gasteiger partial charge is 0.347 e. The second kappa shape index (κ2) is 8.05. The van der Waals surface area contributed by atoms with Crippen LogP contribution in [0.2, 0.25) is 0 Å². The molecule has 1 aromatic rings. The Morgan fingerprint density at radius 3 is 2.23 bits per heavy atom. The average Bonchev–Trinajstić information content (AvgIpc) is 2.68. The molecule has 4 aliphatic carbocycles. The summed E-state index contributed by atoms with van der Waals surface area (Å²) in [6.45, 7) is 3.86. The normalized spacial score (nSPS) is 28.8. The predicted molar refractivity (Wildman–Crippen MR) is 116 cm³/mol. The zero-order chi connectivity index (χ0) is 21.5. The molecular formula is C24H33N3O3. The van der Waals surface area contributed by atoms with E-state index in [-0.39, 0.29) is 36.2 Å². The van der Waals surface area contributed by atoms with Crippen LogP contribution in [0.1, 0.15) is 49.7 Å². The summed E-state index contributed by atoms with van der Waals surface area (Å²) in [5.41, 5.74) is 2.62. The van der Waals surface area contributed by atoms with Crippen molar-refractivity contribution in [3.63, 3.8) is 0 Å². The van der Waals surface area contributed by atoms with Crippen LogP contribution in [0.25, 0.3) is 0 Å². The van der Waals surface area contributed by atoms with E-state index >= 15 is 0 Å². The standard InChI is InChI=1S/C24H33N3O3/c1-15-5-4-6-20(16(15)2)26-21(28)14-27(3)22(29)13-25-23(30)24-10-17-7-18(11-24)9-19(8-17)12-24/h4-6,17-19H,7-14H2,1-3H3,(H,25,30)(H,26,28). The molecule has 6 nitrogen and oxygen atoms in total. The van der Waals surface area contributed by atoms with Crippen LogP contribution in [0.15, 0.2) is 18.2 Å². The van der Waals surface area contributed by atoms with Gasteiger partial charge in [-0.25, -0.2) is 0 Å². The maximum Gasteiger partial charge on any atom is 0.243 e. The topological polar surface area (TPSA) is 78.5 Å². The third-order valence-electron chi connectivity index (χ3n) is 7.61. The molecule has 2 N–H and O–H groups in total. The molecule has 0 unspecified atom stereocenters. The number of hydrogen-bond donors (Lipinski definition) is 2. The van der Waals surface area contributed by atoms with Gasteiger partial charge in [-0.3, -0.25) is 14.4 Å². The second-order valence-corrected chi connectivity index (χ2v) is 9.93. The van der Waals surface area contributed by atoms with Crippen molar-refractivity contribution in [2.75, 3.05) is 25.5 Å². The number of nitrogens with one attached hydrogen (secondary N) is 2. The van der Waals surface area contributed by atoms with Crippen molar-refractivity contribution in [2.24, 2.45) is 23.2 Å². The lowest BCUT2D eigenvalue weighted by Crippen LogP contribution is -2.54. The molecule has 4 aliphatic rings. The number of aryl methyl sites for hydroxylation is 1. The van der Waals surface area contributed by atoms with E-state index in [1.165, 1.54) is 24.2 Å². The van der Waals surface area contributed by atoms with E-state index in [1.54, 1.807) is 7.05 Å². The van der Waals surface area contributed by atoms with Crippen LogP contribution in [0.3, 0.4) is 0 Å². The zero-order valence-electron chi connectivity index (χ0n) is 18.3. The highest BCUT2D eigenvalue weighted by molar-refractivity contribution is 5.96. The van der Waals surface area contributed by atoms with Crippen LogP contribution in [0, 0.1) is 37.0 Å². The highest BCUT2D eigenvalue weighted by Crippen LogP contribution is 2.60. The van der Waals surface area contributed by atoms with E-state index in [2.05, 4.69) is 10.6 Å². The van der Waals surface area contributed by atoms with E-state index < -0.39 is 0 Å². The Hall–Kier alpha value is -2.37. The molecule has 0 atom stereocenters. The monoisotopic (exact) mass is 411 g/mol. The van der Waals surface area contributed by atoms with Gasteiger partial charge in [0.05, 0.1) is 13.1 Å². The highest BCUT2D eigenvalue weighted by atomic mass is 16.2. The van der Waals surface area contributed by atoms with Gasteiger partial charge >= 0.3 is 0 Å². The van der Waals surface area contributed by atoms with E-state index in [1.807, 2.05) is 32.0 Å². The highest BCUT2D eigenvalue weighted by Gasteiger charge is 2.54. The summed E-state index contributed by atoms with van der Waals surface area (Å²) in [6, 6.07) is 5.74. The lowest BCUT2D eigenvalue weighted by atomic mass is 9.49. The van der Waals surface area contributed by atoms with Gasteiger partial charge in [0.25, 0.3) is 0 Å². The summed E-state index contributed by atoms with van der Waals surface area (Å²) in [5, 5.41) is 5.77. The van der Waals surface area contributed by atoms with Crippen molar-refractivity contribution in [1.82, 2.24) is 10.2 Å². The van der Waals surface area contributed by atoms with Crippen molar-refractivity contribution in [3.05, 3.63) is 29.3 Å². The van der Waals surface area contributed by atoms with Crippen LogP contribution in [-0.2, 0) is 14.4 Å². The Balaban J connectivity index is 1.27. The fourth-order valence-corrected chi connectivity index (χ4v) is 6.25.